The van der Waals surface area contributed by atoms with Gasteiger partial charge in [-0.3, -0.25) is 10.2 Å². The Labute approximate surface area is 161 Å². The third kappa shape index (κ3) is 4.13. The molecule has 1 atom stereocenters. The number of nitrogen functional groups attached to an aromatic ring is 1. The lowest BCUT2D eigenvalue weighted by atomic mass is 10.0. The van der Waals surface area contributed by atoms with Gasteiger partial charge >= 0.3 is 0 Å². The summed E-state index contributed by atoms with van der Waals surface area (Å²) in [6.45, 7) is 3.84. The maximum atomic E-state index is 12.0. The number of rotatable bonds is 6. The Kier molecular flexibility index (Phi) is 5.78. The van der Waals surface area contributed by atoms with E-state index in [1.807, 2.05) is 36.4 Å². The number of benzene rings is 1. The molecule has 0 aliphatic rings. The number of anilines is 2. The highest BCUT2D eigenvalue weighted by molar-refractivity contribution is 7.40. The van der Waals surface area contributed by atoms with Crippen LogP contribution in [0, 0.1) is 5.41 Å². The Morgan fingerprint density at radius 3 is 2.81 bits per heavy atom. The van der Waals surface area contributed by atoms with E-state index in [2.05, 4.69) is 21.6 Å². The first kappa shape index (κ1) is 18.9. The monoisotopic (exact) mass is 398 g/mol. The summed E-state index contributed by atoms with van der Waals surface area (Å²) in [5.41, 5.74) is 7.45. The van der Waals surface area contributed by atoms with Crippen LogP contribution in [-0.2, 0) is 7.05 Å². The van der Waals surface area contributed by atoms with Crippen molar-refractivity contribution in [2.45, 2.75) is 0 Å². The van der Waals surface area contributed by atoms with Gasteiger partial charge in [0.1, 0.15) is 18.0 Å². The molecule has 3 aromatic rings. The van der Waals surface area contributed by atoms with Gasteiger partial charge in [-0.1, -0.05) is 43.0 Å². The van der Waals surface area contributed by atoms with Crippen LogP contribution in [0.1, 0.15) is 11.1 Å². The van der Waals surface area contributed by atoms with Crippen LogP contribution < -0.4 is 25.6 Å². The van der Waals surface area contributed by atoms with Gasteiger partial charge in [-0.25, -0.2) is 9.97 Å². The highest BCUT2D eigenvalue weighted by atomic mass is 32.1. The Morgan fingerprint density at radius 2 is 2.15 bits per heavy atom. The highest BCUT2D eigenvalue weighted by Gasteiger charge is 2.15. The summed E-state index contributed by atoms with van der Waals surface area (Å²) in [5.74, 6) is 0.768. The molecule has 0 aliphatic carbocycles. The smallest absolute Gasteiger partial charge is 0.268 e. The summed E-state index contributed by atoms with van der Waals surface area (Å²) >= 11 is 1.38. The van der Waals surface area contributed by atoms with E-state index in [1.54, 1.807) is 7.05 Å². The minimum absolute atomic E-state index is 0.0346. The molecular formula is C18H19N6OPS. The molecule has 0 saturated heterocycles. The number of nitrogens with zero attached hydrogens (tertiary/aromatic N) is 3. The first-order valence-electron chi connectivity index (χ1n) is 8.07. The fourth-order valence-corrected chi connectivity index (χ4v) is 4.19. The van der Waals surface area contributed by atoms with Crippen molar-refractivity contribution in [1.82, 2.24) is 14.5 Å². The lowest BCUT2D eigenvalue weighted by molar-refractivity contribution is 0.859. The Balaban J connectivity index is 1.79. The molecule has 0 saturated carbocycles. The quantitative estimate of drug-likeness (QED) is 0.328. The fraction of sp³-hybridized carbons (Fsp3) is 0.111. The molecule has 0 radical (unpaired) electrons. The van der Waals surface area contributed by atoms with Gasteiger partial charge in [0.05, 0.1) is 20.5 Å². The van der Waals surface area contributed by atoms with E-state index in [-0.39, 0.29) is 25.8 Å². The van der Waals surface area contributed by atoms with E-state index >= 15 is 0 Å². The van der Waals surface area contributed by atoms with Gasteiger partial charge < -0.3 is 15.4 Å². The third-order valence-electron chi connectivity index (χ3n) is 3.90. The molecule has 0 spiro atoms. The largest absolute Gasteiger partial charge is 0.383 e. The Bertz CT molecular complexity index is 1140. The molecule has 2 heterocycles. The van der Waals surface area contributed by atoms with Crippen molar-refractivity contribution in [2.75, 3.05) is 17.0 Å². The molecule has 0 aliphatic heterocycles. The van der Waals surface area contributed by atoms with Crippen molar-refractivity contribution < 1.29 is 0 Å². The second kappa shape index (κ2) is 8.24. The zero-order valence-corrected chi connectivity index (χ0v) is 16.5. The average Bonchev–Trinajstić information content (AvgIpc) is 2.92. The standard InChI is InChI=1S/C18H19N6OPS/c1-11-24(2)18(25)13(27-11)8-9-26-23-17-14(16(20)21-10-22-17)15(19)12-6-4-3-5-7-12/h3-8,10,19,26H,1,9H2,2H3,(H3,20,21,22,23)/b13-8-,19-15?. The zero-order valence-electron chi connectivity index (χ0n) is 14.7. The summed E-state index contributed by atoms with van der Waals surface area (Å²) in [5, 5.41) is 11.7. The highest BCUT2D eigenvalue weighted by Crippen LogP contribution is 2.25. The molecule has 1 unspecified atom stereocenters. The molecule has 2 aromatic heterocycles. The number of thiazole rings is 1. The van der Waals surface area contributed by atoms with Crippen LogP contribution in [-0.4, -0.2) is 26.4 Å². The van der Waals surface area contributed by atoms with Crippen LogP contribution in [0.25, 0.3) is 12.7 Å². The van der Waals surface area contributed by atoms with Gasteiger partial charge in [-0.15, -0.1) is 11.3 Å². The third-order valence-corrected chi connectivity index (χ3v) is 5.80. The molecule has 7 nitrogen and oxygen atoms in total. The van der Waals surface area contributed by atoms with Crippen molar-refractivity contribution in [2.24, 2.45) is 7.05 Å². The van der Waals surface area contributed by atoms with Crippen molar-refractivity contribution in [3.8, 4) is 0 Å². The van der Waals surface area contributed by atoms with E-state index in [0.29, 0.717) is 22.1 Å². The summed E-state index contributed by atoms with van der Waals surface area (Å²) in [6, 6.07) is 9.32. The zero-order chi connectivity index (χ0) is 19.4. The van der Waals surface area contributed by atoms with Crippen LogP contribution in [0.3, 0.4) is 0 Å². The van der Waals surface area contributed by atoms with Crippen molar-refractivity contribution in [3.05, 3.63) is 67.3 Å². The maximum absolute atomic E-state index is 12.0. The predicted molar refractivity (Wildman–Crippen MR) is 114 cm³/mol. The van der Waals surface area contributed by atoms with Gasteiger partial charge in [0.2, 0.25) is 0 Å². The Morgan fingerprint density at radius 1 is 1.41 bits per heavy atom. The number of nitrogens with one attached hydrogen (secondary N) is 2. The molecule has 9 heteroatoms. The van der Waals surface area contributed by atoms with Crippen LogP contribution in [0.4, 0.5) is 11.6 Å². The van der Waals surface area contributed by atoms with E-state index in [1.165, 1.54) is 22.2 Å². The van der Waals surface area contributed by atoms with E-state index in [0.717, 1.165) is 10.2 Å². The first-order valence-corrected chi connectivity index (χ1v) is 10.1. The molecule has 138 valence electrons. The first-order chi connectivity index (χ1) is 13.0. The average molecular weight is 398 g/mol. The van der Waals surface area contributed by atoms with Gasteiger partial charge in [0, 0.05) is 18.8 Å². The molecule has 0 amide bonds. The van der Waals surface area contributed by atoms with Crippen LogP contribution in [0.5, 0.6) is 0 Å². The topological polar surface area (TPSA) is 110 Å². The van der Waals surface area contributed by atoms with Crippen molar-refractivity contribution in [3.63, 3.8) is 0 Å². The van der Waals surface area contributed by atoms with Crippen molar-refractivity contribution in [1.29, 1.82) is 5.41 Å². The van der Waals surface area contributed by atoms with Gasteiger partial charge in [0.15, 0.2) is 0 Å². The van der Waals surface area contributed by atoms with Crippen LogP contribution >= 0.6 is 20.1 Å². The molecule has 27 heavy (non-hydrogen) atoms. The van der Waals surface area contributed by atoms with E-state index in [9.17, 15) is 4.79 Å². The minimum Gasteiger partial charge on any atom is -0.383 e. The van der Waals surface area contributed by atoms with E-state index < -0.39 is 0 Å². The molecule has 0 bridgehead atoms. The molecule has 4 N–H and O–H groups in total. The molecule has 3 rings (SSSR count). The summed E-state index contributed by atoms with van der Waals surface area (Å²) in [6.07, 6.45) is 3.91. The van der Waals surface area contributed by atoms with Crippen LogP contribution in [0.2, 0.25) is 0 Å². The normalized spacial score (nSPS) is 12.0. The van der Waals surface area contributed by atoms with Crippen LogP contribution in [0.15, 0.2) is 41.5 Å². The molecular weight excluding hydrogens is 379 g/mol. The number of hydrogen-bond donors (Lipinski definition) is 3. The molecule has 1 aromatic carbocycles. The number of aromatic nitrogens is 3. The summed E-state index contributed by atoms with van der Waals surface area (Å²) < 4.78 is 2.94. The summed E-state index contributed by atoms with van der Waals surface area (Å²) in [4.78, 5) is 20.3. The maximum Gasteiger partial charge on any atom is 0.268 e. The number of hydrogen-bond acceptors (Lipinski definition) is 7. The minimum atomic E-state index is -0.0346. The SMILES string of the molecule is C=c1s/c(=C\CPNc2ncnc(N)c2C(=N)c2ccccc2)c(=O)n1C. The fourth-order valence-electron chi connectivity index (χ4n) is 2.41. The molecule has 0 fully saturated rings. The van der Waals surface area contributed by atoms with Gasteiger partial charge in [-0.2, -0.15) is 0 Å². The predicted octanol–water partition coefficient (Wildman–Crippen LogP) is 1.13. The summed E-state index contributed by atoms with van der Waals surface area (Å²) in [7, 11) is 1.98. The van der Waals surface area contributed by atoms with E-state index in [4.69, 9.17) is 11.1 Å². The number of nitrogens with two attached hydrogens (primary N) is 1. The van der Waals surface area contributed by atoms with Gasteiger partial charge in [-0.05, 0) is 8.73 Å². The van der Waals surface area contributed by atoms with Gasteiger partial charge in [0.25, 0.3) is 5.56 Å². The van der Waals surface area contributed by atoms with Crippen molar-refractivity contribution >= 4 is 50.1 Å². The second-order valence-corrected chi connectivity index (χ2v) is 7.78. The lowest BCUT2D eigenvalue weighted by Gasteiger charge is -2.12. The lowest BCUT2D eigenvalue weighted by Crippen LogP contribution is -2.28. The Hall–Kier alpha value is -2.83. The second-order valence-electron chi connectivity index (χ2n) is 5.66.